The number of piperidine rings is 1. The third-order valence-corrected chi connectivity index (χ3v) is 7.45. The molecule has 1 atom stereocenters. The number of rotatable bonds is 4. The van der Waals surface area contributed by atoms with Crippen molar-refractivity contribution in [1.29, 1.82) is 0 Å². The average molecular weight is 372 g/mol. The molecule has 0 aromatic carbocycles. The number of carbonyl (C=O) groups excluding carboxylic acids is 2. The lowest BCUT2D eigenvalue weighted by Gasteiger charge is -2.35. The normalized spacial score (nSPS) is 27.4. The molecule has 0 aliphatic carbocycles. The van der Waals surface area contributed by atoms with Crippen LogP contribution in [0, 0.1) is 11.8 Å². The number of carbonyl (C=O) groups is 2. The Morgan fingerprint density at radius 2 is 1.64 bits per heavy atom. The molecule has 3 aliphatic heterocycles. The minimum Gasteiger partial charge on any atom is -0.378 e. The van der Waals surface area contributed by atoms with Crippen molar-refractivity contribution in [3.8, 4) is 0 Å². The van der Waals surface area contributed by atoms with Crippen molar-refractivity contribution >= 4 is 21.7 Å². The average Bonchev–Trinajstić information content (AvgIpc) is 2.99. The Morgan fingerprint density at radius 3 is 2.24 bits per heavy atom. The first-order valence-corrected chi connectivity index (χ1v) is 11.1. The van der Waals surface area contributed by atoms with Gasteiger partial charge in [0.1, 0.15) is 0 Å². The summed E-state index contributed by atoms with van der Waals surface area (Å²) in [7, 11) is -2.87. The van der Waals surface area contributed by atoms with Crippen LogP contribution in [0.4, 0.5) is 0 Å². The van der Waals surface area contributed by atoms with Gasteiger partial charge in [-0.15, -0.1) is 0 Å². The van der Waals surface area contributed by atoms with Gasteiger partial charge in [-0.2, -0.15) is 0 Å². The predicted octanol–water partition coefficient (Wildman–Crippen LogP) is 0.299. The van der Waals surface area contributed by atoms with E-state index in [2.05, 4.69) is 0 Å². The fourth-order valence-corrected chi connectivity index (χ4v) is 5.91. The maximum Gasteiger partial charge on any atom is 0.225 e. The Balaban J connectivity index is 1.39. The van der Waals surface area contributed by atoms with Crippen LogP contribution in [0.25, 0.3) is 0 Å². The highest BCUT2D eigenvalue weighted by Crippen LogP contribution is 2.25. The molecule has 0 bridgehead atoms. The second-order valence-electron chi connectivity index (χ2n) is 7.40. The summed E-state index contributed by atoms with van der Waals surface area (Å²) in [5.74, 6) is 0.946. The van der Waals surface area contributed by atoms with Gasteiger partial charge in [0.25, 0.3) is 0 Å². The van der Waals surface area contributed by atoms with Gasteiger partial charge in [-0.25, -0.2) is 8.42 Å². The van der Waals surface area contributed by atoms with Crippen LogP contribution in [-0.2, 0) is 24.2 Å². The van der Waals surface area contributed by atoms with Crippen LogP contribution >= 0.6 is 0 Å². The minimum absolute atomic E-state index is 0.0159. The molecular weight excluding hydrogens is 344 g/mol. The summed E-state index contributed by atoms with van der Waals surface area (Å²) < 4.78 is 28.2. The van der Waals surface area contributed by atoms with Crippen LogP contribution in [0.3, 0.4) is 0 Å². The van der Waals surface area contributed by atoms with Crippen LogP contribution < -0.4 is 0 Å². The predicted molar refractivity (Wildman–Crippen MR) is 92.7 cm³/mol. The zero-order valence-electron chi connectivity index (χ0n) is 14.7. The number of amides is 2. The number of sulfone groups is 1. The fraction of sp³-hybridized carbons (Fsp3) is 0.882. The minimum atomic E-state index is -2.87. The summed E-state index contributed by atoms with van der Waals surface area (Å²) in [6.45, 7) is 3.82. The summed E-state index contributed by atoms with van der Waals surface area (Å²) >= 11 is 0. The smallest absolute Gasteiger partial charge is 0.225 e. The molecule has 0 aromatic rings. The molecule has 2 amide bonds. The summed E-state index contributed by atoms with van der Waals surface area (Å²) in [6.07, 6.45) is 3.21. The second-order valence-corrected chi connectivity index (χ2v) is 9.63. The molecule has 7 nitrogen and oxygen atoms in total. The molecule has 3 fully saturated rings. The topological polar surface area (TPSA) is 84.0 Å². The van der Waals surface area contributed by atoms with Gasteiger partial charge in [-0.05, 0) is 31.6 Å². The molecule has 0 N–H and O–H groups in total. The van der Waals surface area contributed by atoms with Crippen molar-refractivity contribution in [2.45, 2.75) is 32.1 Å². The Kier molecular flexibility index (Phi) is 5.99. The maximum absolute atomic E-state index is 12.5. The fourth-order valence-electron chi connectivity index (χ4n) is 4.00. The number of likely N-dealkylation sites (tertiary alicyclic amines) is 1. The molecule has 0 spiro atoms. The molecule has 0 radical (unpaired) electrons. The van der Waals surface area contributed by atoms with Gasteiger partial charge in [0.05, 0.1) is 24.7 Å². The zero-order valence-corrected chi connectivity index (χ0v) is 15.5. The standard InChI is InChI=1S/C17H28N2O5S/c20-16(2-1-14-5-12-25(22,23)13-14)18-6-3-15(4-7-18)17(21)19-8-10-24-11-9-19/h14-15H,1-13H2. The lowest BCUT2D eigenvalue weighted by molar-refractivity contribution is -0.143. The van der Waals surface area contributed by atoms with E-state index in [-0.39, 0.29) is 35.2 Å². The van der Waals surface area contributed by atoms with Crippen LogP contribution in [0.5, 0.6) is 0 Å². The van der Waals surface area contributed by atoms with Gasteiger partial charge in [0.2, 0.25) is 11.8 Å². The molecule has 3 aliphatic rings. The highest BCUT2D eigenvalue weighted by Gasteiger charge is 2.32. The van der Waals surface area contributed by atoms with Crippen molar-refractivity contribution in [2.24, 2.45) is 11.8 Å². The monoisotopic (exact) mass is 372 g/mol. The summed E-state index contributed by atoms with van der Waals surface area (Å²) in [6, 6.07) is 0. The highest BCUT2D eigenvalue weighted by molar-refractivity contribution is 7.91. The Bertz CT molecular complexity index is 592. The third-order valence-electron chi connectivity index (χ3n) is 5.61. The van der Waals surface area contributed by atoms with Crippen molar-refractivity contribution in [3.63, 3.8) is 0 Å². The van der Waals surface area contributed by atoms with Gasteiger partial charge in [0.15, 0.2) is 9.84 Å². The van der Waals surface area contributed by atoms with Crippen molar-refractivity contribution in [1.82, 2.24) is 9.80 Å². The van der Waals surface area contributed by atoms with E-state index in [0.717, 1.165) is 12.8 Å². The van der Waals surface area contributed by atoms with E-state index in [1.165, 1.54) is 0 Å². The molecule has 0 saturated carbocycles. The molecule has 1 unspecified atom stereocenters. The molecule has 3 saturated heterocycles. The Hall–Kier alpha value is -1.15. The van der Waals surface area contributed by atoms with E-state index in [0.29, 0.717) is 58.7 Å². The number of hydrogen-bond acceptors (Lipinski definition) is 5. The molecule has 8 heteroatoms. The lowest BCUT2D eigenvalue weighted by Crippen LogP contribution is -2.47. The number of ether oxygens (including phenoxy) is 1. The SMILES string of the molecule is O=C(CCC1CCS(=O)(=O)C1)N1CCC(C(=O)N2CCOCC2)CC1. The van der Waals surface area contributed by atoms with Crippen LogP contribution in [-0.4, -0.2) is 80.9 Å². The summed E-state index contributed by atoms with van der Waals surface area (Å²) in [5.41, 5.74) is 0. The van der Waals surface area contributed by atoms with Gasteiger partial charge in [-0.1, -0.05) is 0 Å². The number of morpholine rings is 1. The van der Waals surface area contributed by atoms with E-state index >= 15 is 0 Å². The quantitative estimate of drug-likeness (QED) is 0.709. The Morgan fingerprint density at radius 1 is 0.960 bits per heavy atom. The van der Waals surface area contributed by atoms with Crippen LogP contribution in [0.1, 0.15) is 32.1 Å². The largest absolute Gasteiger partial charge is 0.378 e. The van der Waals surface area contributed by atoms with E-state index in [1.54, 1.807) is 0 Å². The van der Waals surface area contributed by atoms with Crippen molar-refractivity contribution in [3.05, 3.63) is 0 Å². The zero-order chi connectivity index (χ0) is 17.9. The van der Waals surface area contributed by atoms with Crippen LogP contribution in [0.15, 0.2) is 0 Å². The van der Waals surface area contributed by atoms with Crippen molar-refractivity contribution in [2.75, 3.05) is 50.9 Å². The third kappa shape index (κ3) is 4.94. The first-order chi connectivity index (χ1) is 11.9. The molecule has 3 heterocycles. The lowest BCUT2D eigenvalue weighted by atomic mass is 9.94. The van der Waals surface area contributed by atoms with E-state index in [9.17, 15) is 18.0 Å². The first kappa shape index (κ1) is 18.6. The maximum atomic E-state index is 12.5. The summed E-state index contributed by atoms with van der Waals surface area (Å²) in [4.78, 5) is 28.6. The molecule has 142 valence electrons. The van der Waals surface area contributed by atoms with Gasteiger partial charge < -0.3 is 14.5 Å². The summed E-state index contributed by atoms with van der Waals surface area (Å²) in [5, 5.41) is 0. The first-order valence-electron chi connectivity index (χ1n) is 9.29. The molecular formula is C17H28N2O5S. The van der Waals surface area contributed by atoms with Gasteiger partial charge in [0, 0.05) is 38.5 Å². The molecule has 3 rings (SSSR count). The van der Waals surface area contributed by atoms with E-state index < -0.39 is 9.84 Å². The second kappa shape index (κ2) is 8.03. The van der Waals surface area contributed by atoms with Gasteiger partial charge in [-0.3, -0.25) is 9.59 Å². The van der Waals surface area contributed by atoms with Gasteiger partial charge >= 0.3 is 0 Å². The molecule has 0 aromatic heterocycles. The highest BCUT2D eigenvalue weighted by atomic mass is 32.2. The van der Waals surface area contributed by atoms with E-state index in [1.807, 2.05) is 9.80 Å². The van der Waals surface area contributed by atoms with Crippen molar-refractivity contribution < 1.29 is 22.7 Å². The number of hydrogen-bond donors (Lipinski definition) is 0. The molecule has 25 heavy (non-hydrogen) atoms. The number of nitrogens with zero attached hydrogens (tertiary/aromatic N) is 2. The van der Waals surface area contributed by atoms with Crippen LogP contribution in [0.2, 0.25) is 0 Å². The Labute approximate surface area is 149 Å². The van der Waals surface area contributed by atoms with E-state index in [4.69, 9.17) is 4.74 Å².